The maximum Gasteiger partial charge on any atom is 0.133 e. The first-order chi connectivity index (χ1) is 12.1. The van der Waals surface area contributed by atoms with Gasteiger partial charge in [0.1, 0.15) is 15.8 Å². The van der Waals surface area contributed by atoms with Crippen LogP contribution in [0.1, 0.15) is 5.56 Å². The van der Waals surface area contributed by atoms with Gasteiger partial charge in [-0.05, 0) is 35.0 Å². The Morgan fingerprint density at radius 2 is 1.84 bits per heavy atom. The average Bonchev–Trinajstić information content (AvgIpc) is 2.65. The topological polar surface area (TPSA) is 105 Å². The molecular formula is C19H20N4OS. The zero-order valence-electron chi connectivity index (χ0n) is 13.7. The van der Waals surface area contributed by atoms with Gasteiger partial charge in [0.25, 0.3) is 0 Å². The molecule has 1 unspecified atom stereocenters. The van der Waals surface area contributed by atoms with Crippen molar-refractivity contribution >= 4 is 38.0 Å². The molecule has 0 saturated carbocycles. The minimum absolute atomic E-state index is 0.000715. The molecular weight excluding hydrogens is 332 g/mol. The molecule has 0 aliphatic rings. The van der Waals surface area contributed by atoms with Gasteiger partial charge in [-0.1, -0.05) is 36.4 Å². The first-order valence-corrected chi connectivity index (χ1v) is 9.08. The van der Waals surface area contributed by atoms with Gasteiger partial charge in [0.05, 0.1) is 4.90 Å². The minimum atomic E-state index is -1.61. The predicted octanol–water partition coefficient (Wildman–Crippen LogP) is 2.93. The lowest BCUT2D eigenvalue weighted by atomic mass is 10.1. The van der Waals surface area contributed by atoms with Crippen LogP contribution in [0.2, 0.25) is 0 Å². The number of hydrogen-bond acceptors (Lipinski definition) is 5. The van der Waals surface area contributed by atoms with Crippen molar-refractivity contribution in [3.8, 4) is 0 Å². The Kier molecular flexibility index (Phi) is 5.11. The van der Waals surface area contributed by atoms with Gasteiger partial charge >= 0.3 is 0 Å². The van der Waals surface area contributed by atoms with Crippen molar-refractivity contribution in [2.24, 2.45) is 5.73 Å². The van der Waals surface area contributed by atoms with E-state index in [2.05, 4.69) is 5.32 Å². The number of benzene rings is 3. The summed E-state index contributed by atoms with van der Waals surface area (Å²) < 4.78 is 13.0. The van der Waals surface area contributed by atoms with Gasteiger partial charge in [0.2, 0.25) is 0 Å². The number of nitrogens with two attached hydrogens (primary N) is 2. The standard InChI is InChI=1S/C19H20N4OS/c20-10-11-23-14-8-9-16(17(21)12-14)19(22)25(24)18-7-3-5-13-4-1-2-6-15(13)18/h1-9,12,22-23H,10-11,20-21H2. The lowest BCUT2D eigenvalue weighted by Crippen LogP contribution is -2.14. The number of hydrogen-bond donors (Lipinski definition) is 4. The molecule has 3 aromatic carbocycles. The highest BCUT2D eigenvalue weighted by Gasteiger charge is 2.17. The predicted molar refractivity (Wildman–Crippen MR) is 106 cm³/mol. The minimum Gasteiger partial charge on any atom is -0.398 e. The molecule has 6 N–H and O–H groups in total. The Labute approximate surface area is 149 Å². The third-order valence-corrected chi connectivity index (χ3v) is 5.25. The van der Waals surface area contributed by atoms with Crippen LogP contribution >= 0.6 is 0 Å². The molecule has 0 heterocycles. The number of nitrogens with one attached hydrogen (secondary N) is 2. The van der Waals surface area contributed by atoms with E-state index in [0.29, 0.717) is 29.2 Å². The molecule has 5 nitrogen and oxygen atoms in total. The maximum atomic E-state index is 13.0. The van der Waals surface area contributed by atoms with Crippen LogP contribution in [0.5, 0.6) is 0 Å². The van der Waals surface area contributed by atoms with Gasteiger partial charge in [-0.15, -0.1) is 0 Å². The van der Waals surface area contributed by atoms with Crippen LogP contribution in [0.15, 0.2) is 65.6 Å². The van der Waals surface area contributed by atoms with Gasteiger partial charge in [-0.2, -0.15) is 0 Å². The summed E-state index contributed by atoms with van der Waals surface area (Å²) in [6, 6.07) is 18.6. The second kappa shape index (κ2) is 7.46. The van der Waals surface area contributed by atoms with Gasteiger partial charge in [-0.25, -0.2) is 4.21 Å². The fourth-order valence-corrected chi connectivity index (χ4v) is 3.86. The molecule has 3 rings (SSSR count). The molecule has 0 spiro atoms. The van der Waals surface area contributed by atoms with E-state index >= 15 is 0 Å². The SMILES string of the molecule is N=C(c1ccc(NCCN)cc1N)S(=O)c1cccc2ccccc12. The largest absolute Gasteiger partial charge is 0.398 e. The normalized spacial score (nSPS) is 12.0. The molecule has 0 radical (unpaired) electrons. The van der Waals surface area contributed by atoms with E-state index in [-0.39, 0.29) is 5.04 Å². The molecule has 25 heavy (non-hydrogen) atoms. The van der Waals surface area contributed by atoms with Crippen molar-refractivity contribution in [3.05, 3.63) is 66.2 Å². The summed E-state index contributed by atoms with van der Waals surface area (Å²) in [6.45, 7) is 1.15. The third kappa shape index (κ3) is 3.55. The van der Waals surface area contributed by atoms with Crippen LogP contribution in [0.4, 0.5) is 11.4 Å². The second-order valence-corrected chi connectivity index (χ2v) is 6.98. The summed E-state index contributed by atoms with van der Waals surface area (Å²) in [4.78, 5) is 0.618. The Morgan fingerprint density at radius 1 is 1.08 bits per heavy atom. The number of anilines is 2. The Morgan fingerprint density at radius 3 is 2.60 bits per heavy atom. The van der Waals surface area contributed by atoms with E-state index in [0.717, 1.165) is 16.5 Å². The summed E-state index contributed by atoms with van der Waals surface area (Å²) in [7, 11) is -1.61. The van der Waals surface area contributed by atoms with Crippen molar-refractivity contribution in [3.63, 3.8) is 0 Å². The van der Waals surface area contributed by atoms with Gasteiger partial charge in [-0.3, -0.25) is 5.41 Å². The van der Waals surface area contributed by atoms with E-state index in [4.69, 9.17) is 16.9 Å². The molecule has 1 atom stereocenters. The van der Waals surface area contributed by atoms with Crippen molar-refractivity contribution in [2.75, 3.05) is 24.1 Å². The Hall–Kier alpha value is -2.70. The highest BCUT2D eigenvalue weighted by molar-refractivity contribution is 8.01. The summed E-state index contributed by atoms with van der Waals surface area (Å²) in [5.41, 5.74) is 13.3. The third-order valence-electron chi connectivity index (χ3n) is 3.90. The first kappa shape index (κ1) is 17.1. The molecule has 128 valence electrons. The van der Waals surface area contributed by atoms with Crippen molar-refractivity contribution < 1.29 is 4.21 Å². The summed E-state index contributed by atoms with van der Waals surface area (Å²) in [6.07, 6.45) is 0. The van der Waals surface area contributed by atoms with Crippen LogP contribution in [0, 0.1) is 5.41 Å². The van der Waals surface area contributed by atoms with E-state index in [1.807, 2.05) is 42.5 Å². The summed E-state index contributed by atoms with van der Waals surface area (Å²) in [5.74, 6) is 0. The number of fused-ring (bicyclic) bond motifs is 1. The van der Waals surface area contributed by atoms with Crippen molar-refractivity contribution in [1.29, 1.82) is 5.41 Å². The molecule has 0 amide bonds. The van der Waals surface area contributed by atoms with Crippen LogP contribution in [-0.4, -0.2) is 22.3 Å². The fourth-order valence-electron chi connectivity index (χ4n) is 2.66. The lowest BCUT2D eigenvalue weighted by Gasteiger charge is -2.12. The first-order valence-electron chi connectivity index (χ1n) is 7.93. The average molecular weight is 352 g/mol. The Bertz CT molecular complexity index is 950. The van der Waals surface area contributed by atoms with Crippen LogP contribution in [0.25, 0.3) is 10.8 Å². The van der Waals surface area contributed by atoms with Crippen LogP contribution < -0.4 is 16.8 Å². The number of nitrogen functional groups attached to an aromatic ring is 1. The van der Waals surface area contributed by atoms with Crippen LogP contribution in [-0.2, 0) is 10.8 Å². The second-order valence-electron chi connectivity index (χ2n) is 5.59. The molecule has 0 fully saturated rings. The van der Waals surface area contributed by atoms with Crippen LogP contribution in [0.3, 0.4) is 0 Å². The highest BCUT2D eigenvalue weighted by atomic mass is 32.2. The molecule has 6 heteroatoms. The monoisotopic (exact) mass is 352 g/mol. The fraction of sp³-hybridized carbons (Fsp3) is 0.105. The van der Waals surface area contributed by atoms with E-state index < -0.39 is 10.8 Å². The zero-order valence-corrected chi connectivity index (χ0v) is 14.5. The Balaban J connectivity index is 1.93. The molecule has 0 aliphatic heterocycles. The van der Waals surface area contributed by atoms with E-state index in [9.17, 15) is 4.21 Å². The molecule has 0 saturated heterocycles. The molecule has 0 aliphatic carbocycles. The molecule has 0 bridgehead atoms. The zero-order chi connectivity index (χ0) is 17.8. The number of rotatable bonds is 5. The van der Waals surface area contributed by atoms with Gasteiger partial charge in [0, 0.05) is 30.0 Å². The van der Waals surface area contributed by atoms with Crippen molar-refractivity contribution in [2.45, 2.75) is 4.90 Å². The molecule has 3 aromatic rings. The van der Waals surface area contributed by atoms with Gasteiger partial charge in [0.15, 0.2) is 0 Å². The quantitative estimate of drug-likeness (QED) is 0.322. The summed E-state index contributed by atoms with van der Waals surface area (Å²) >= 11 is 0. The van der Waals surface area contributed by atoms with E-state index in [1.165, 1.54) is 0 Å². The van der Waals surface area contributed by atoms with E-state index in [1.54, 1.807) is 18.2 Å². The smallest absolute Gasteiger partial charge is 0.133 e. The van der Waals surface area contributed by atoms with Crippen molar-refractivity contribution in [1.82, 2.24) is 0 Å². The highest BCUT2D eigenvalue weighted by Crippen LogP contribution is 2.26. The van der Waals surface area contributed by atoms with Gasteiger partial charge < -0.3 is 16.8 Å². The summed E-state index contributed by atoms with van der Waals surface area (Å²) in [5, 5.41) is 13.4. The molecule has 0 aromatic heterocycles. The maximum absolute atomic E-state index is 13.0. The lowest BCUT2D eigenvalue weighted by molar-refractivity contribution is 0.690.